The number of ether oxygens (including phenoxy) is 2. The molecule has 3 aromatic carbocycles. The average molecular weight is 589 g/mol. The van der Waals surface area contributed by atoms with Gasteiger partial charge in [0.2, 0.25) is 5.16 Å². The standard InChI is InChI=1S/C31H36N6O4S/c1-4-32-30(39)33-17-22-6-5-7-26(16-22)23-12-14-25(15-13-23)29-40-27(19-42-31-34-35-36-37(31)3)20(2)28(41-29)24-10-8-21(18-38)9-11-24/h5-16,20,27-29,38H,4,17-19H2,1-3H3,(H2,32,33,39)/t20-,27+,28+,29+/m0/s1. The molecule has 0 radical (unpaired) electrons. The number of aliphatic hydroxyl groups is 1. The summed E-state index contributed by atoms with van der Waals surface area (Å²) in [5.74, 6) is 0.722. The lowest BCUT2D eigenvalue weighted by atomic mass is 9.91. The van der Waals surface area contributed by atoms with E-state index in [1.165, 1.54) is 0 Å². The third-order valence-electron chi connectivity index (χ3n) is 7.31. The molecule has 0 bridgehead atoms. The molecule has 0 aliphatic carbocycles. The first-order valence-corrected chi connectivity index (χ1v) is 15.0. The van der Waals surface area contributed by atoms with E-state index in [1.807, 2.05) is 62.5 Å². The van der Waals surface area contributed by atoms with Crippen LogP contribution in [0.1, 0.15) is 48.5 Å². The topological polar surface area (TPSA) is 123 Å². The Kier molecular flexibility index (Phi) is 9.85. The highest BCUT2D eigenvalue weighted by Crippen LogP contribution is 2.43. The molecule has 42 heavy (non-hydrogen) atoms. The fourth-order valence-electron chi connectivity index (χ4n) is 4.91. The lowest BCUT2D eigenvalue weighted by molar-refractivity contribution is -0.268. The van der Waals surface area contributed by atoms with Crippen LogP contribution in [0.4, 0.5) is 4.79 Å². The number of rotatable bonds is 10. The molecule has 0 saturated carbocycles. The Bertz CT molecular complexity index is 1460. The van der Waals surface area contributed by atoms with Gasteiger partial charge in [-0.1, -0.05) is 85.4 Å². The number of nitrogens with one attached hydrogen (secondary N) is 2. The quantitative estimate of drug-likeness (QED) is 0.226. The number of amides is 2. The molecule has 220 valence electrons. The molecule has 2 amide bonds. The van der Waals surface area contributed by atoms with Gasteiger partial charge in [-0.05, 0) is 51.2 Å². The van der Waals surface area contributed by atoms with Gasteiger partial charge in [-0.3, -0.25) is 0 Å². The largest absolute Gasteiger partial charge is 0.392 e. The van der Waals surface area contributed by atoms with Crippen molar-refractivity contribution < 1.29 is 19.4 Å². The van der Waals surface area contributed by atoms with Crippen LogP contribution in [0.3, 0.4) is 0 Å². The molecule has 11 heteroatoms. The molecule has 0 unspecified atom stereocenters. The highest BCUT2D eigenvalue weighted by atomic mass is 32.2. The zero-order chi connectivity index (χ0) is 29.5. The number of carbonyl (C=O) groups excluding carboxylic acids is 1. The van der Waals surface area contributed by atoms with Crippen molar-refractivity contribution in [3.8, 4) is 11.1 Å². The zero-order valence-electron chi connectivity index (χ0n) is 23.9. The third-order valence-corrected chi connectivity index (χ3v) is 8.41. The lowest BCUT2D eigenvalue weighted by Crippen LogP contribution is -2.38. The molecule has 1 fully saturated rings. The van der Waals surface area contributed by atoms with E-state index < -0.39 is 6.29 Å². The summed E-state index contributed by atoms with van der Waals surface area (Å²) in [7, 11) is 1.82. The Morgan fingerprint density at radius 3 is 2.43 bits per heavy atom. The molecule has 10 nitrogen and oxygen atoms in total. The second-order valence-electron chi connectivity index (χ2n) is 10.3. The minimum Gasteiger partial charge on any atom is -0.392 e. The third kappa shape index (κ3) is 7.16. The highest BCUT2D eigenvalue weighted by molar-refractivity contribution is 7.99. The summed E-state index contributed by atoms with van der Waals surface area (Å²) in [6.07, 6.45) is -0.885. The summed E-state index contributed by atoms with van der Waals surface area (Å²) in [6.45, 7) is 5.06. The van der Waals surface area contributed by atoms with Gasteiger partial charge in [0.05, 0.1) is 18.8 Å². The number of aliphatic hydroxyl groups excluding tert-OH is 1. The number of thioether (sulfide) groups is 1. The van der Waals surface area contributed by atoms with E-state index in [0.717, 1.165) is 38.5 Å². The maximum absolute atomic E-state index is 11.8. The number of benzene rings is 3. The van der Waals surface area contributed by atoms with E-state index in [-0.39, 0.29) is 30.8 Å². The van der Waals surface area contributed by atoms with Crippen LogP contribution in [-0.2, 0) is 29.7 Å². The molecule has 5 rings (SSSR count). The minimum atomic E-state index is -0.561. The Balaban J connectivity index is 1.34. The molecule has 4 atom stereocenters. The first kappa shape index (κ1) is 29.7. The lowest BCUT2D eigenvalue weighted by Gasteiger charge is -2.41. The number of carbonyl (C=O) groups is 1. The Hall–Kier alpha value is -3.77. The van der Waals surface area contributed by atoms with Crippen LogP contribution in [0.25, 0.3) is 11.1 Å². The van der Waals surface area contributed by atoms with Gasteiger partial charge in [-0.25, -0.2) is 9.48 Å². The van der Waals surface area contributed by atoms with Crippen molar-refractivity contribution in [2.75, 3.05) is 12.3 Å². The van der Waals surface area contributed by atoms with Gasteiger partial charge in [0, 0.05) is 37.4 Å². The fourth-order valence-corrected chi connectivity index (χ4v) is 5.92. The zero-order valence-corrected chi connectivity index (χ0v) is 24.8. The van der Waals surface area contributed by atoms with E-state index in [2.05, 4.69) is 57.3 Å². The van der Waals surface area contributed by atoms with Crippen LogP contribution in [-0.4, -0.2) is 49.7 Å². The van der Waals surface area contributed by atoms with Gasteiger partial charge >= 0.3 is 6.03 Å². The molecular weight excluding hydrogens is 552 g/mol. The molecule has 3 N–H and O–H groups in total. The summed E-state index contributed by atoms with van der Waals surface area (Å²) in [4.78, 5) is 11.8. The maximum atomic E-state index is 11.8. The van der Waals surface area contributed by atoms with Gasteiger partial charge in [0.25, 0.3) is 0 Å². The number of nitrogens with zero attached hydrogens (tertiary/aromatic N) is 4. The summed E-state index contributed by atoms with van der Waals surface area (Å²) in [5, 5.41) is 27.6. The summed E-state index contributed by atoms with van der Waals surface area (Å²) in [5.41, 5.74) is 5.95. The van der Waals surface area contributed by atoms with Crippen molar-refractivity contribution in [3.05, 3.63) is 95.1 Å². The van der Waals surface area contributed by atoms with Gasteiger partial charge < -0.3 is 25.2 Å². The molecule has 4 aromatic rings. The van der Waals surface area contributed by atoms with Crippen molar-refractivity contribution in [1.29, 1.82) is 0 Å². The molecule has 1 aliphatic rings. The summed E-state index contributed by atoms with van der Waals surface area (Å²) < 4.78 is 14.8. The number of urea groups is 1. The maximum Gasteiger partial charge on any atom is 0.315 e. The predicted molar refractivity (Wildman–Crippen MR) is 160 cm³/mol. The number of tetrazole rings is 1. The number of aromatic nitrogens is 4. The first-order chi connectivity index (χ1) is 20.4. The Morgan fingerprint density at radius 1 is 0.976 bits per heavy atom. The van der Waals surface area contributed by atoms with Crippen molar-refractivity contribution in [1.82, 2.24) is 30.8 Å². The van der Waals surface area contributed by atoms with Crippen LogP contribution in [0.5, 0.6) is 0 Å². The second kappa shape index (κ2) is 13.9. The molecular formula is C31H36N6O4S. The van der Waals surface area contributed by atoms with Crippen LogP contribution in [0.2, 0.25) is 0 Å². The minimum absolute atomic E-state index is 0.00193. The predicted octanol–water partition coefficient (Wildman–Crippen LogP) is 4.77. The molecule has 0 spiro atoms. The monoisotopic (exact) mass is 588 g/mol. The van der Waals surface area contributed by atoms with Crippen LogP contribution >= 0.6 is 11.8 Å². The molecule has 1 aliphatic heterocycles. The van der Waals surface area contributed by atoms with Gasteiger partial charge in [0.1, 0.15) is 0 Å². The molecule has 2 heterocycles. The summed E-state index contributed by atoms with van der Waals surface area (Å²) in [6, 6.07) is 24.1. The van der Waals surface area contributed by atoms with E-state index in [4.69, 9.17) is 9.47 Å². The Labute approximate surface area is 249 Å². The van der Waals surface area contributed by atoms with Gasteiger partial charge in [0.15, 0.2) is 6.29 Å². The van der Waals surface area contributed by atoms with Crippen molar-refractivity contribution >= 4 is 17.8 Å². The normalized spacial score (nSPS) is 20.3. The molecule has 1 aromatic heterocycles. The fraction of sp³-hybridized carbons (Fsp3) is 0.355. The Morgan fingerprint density at radius 2 is 1.74 bits per heavy atom. The van der Waals surface area contributed by atoms with Crippen LogP contribution in [0.15, 0.2) is 78.0 Å². The molecule has 1 saturated heterocycles. The number of hydrogen-bond donors (Lipinski definition) is 3. The van der Waals surface area contributed by atoms with Crippen LogP contribution in [0, 0.1) is 5.92 Å². The van der Waals surface area contributed by atoms with Crippen molar-refractivity contribution in [2.24, 2.45) is 13.0 Å². The van der Waals surface area contributed by atoms with Gasteiger partial charge in [-0.15, -0.1) is 5.10 Å². The van der Waals surface area contributed by atoms with Gasteiger partial charge in [-0.2, -0.15) is 0 Å². The van der Waals surface area contributed by atoms with Crippen molar-refractivity contribution in [3.63, 3.8) is 0 Å². The average Bonchev–Trinajstić information content (AvgIpc) is 3.44. The van der Waals surface area contributed by atoms with Crippen LogP contribution < -0.4 is 10.6 Å². The van der Waals surface area contributed by atoms with E-state index in [1.54, 1.807) is 16.4 Å². The van der Waals surface area contributed by atoms with Crippen molar-refractivity contribution in [2.45, 2.75) is 50.7 Å². The summed E-state index contributed by atoms with van der Waals surface area (Å²) >= 11 is 1.56. The first-order valence-electron chi connectivity index (χ1n) is 14.0. The highest BCUT2D eigenvalue weighted by Gasteiger charge is 2.38. The van der Waals surface area contributed by atoms with E-state index in [9.17, 15) is 9.90 Å². The number of hydrogen-bond acceptors (Lipinski definition) is 8. The number of aryl methyl sites for hydroxylation is 1. The smallest absolute Gasteiger partial charge is 0.315 e. The van der Waals surface area contributed by atoms with E-state index in [0.29, 0.717) is 18.8 Å². The SMILES string of the molecule is CCNC(=O)NCc1cccc(-c2ccc([C@@H]3O[C@H](CSc4nnnn4C)[C@H](C)[C@H](c4ccc(CO)cc4)O3)cc2)c1. The van der Waals surface area contributed by atoms with E-state index >= 15 is 0 Å². The second-order valence-corrected chi connectivity index (χ2v) is 11.2.